The smallest absolute Gasteiger partial charge is 0.138 e. The lowest BCUT2D eigenvalue weighted by molar-refractivity contribution is 0.301. The van der Waals surface area contributed by atoms with Gasteiger partial charge in [-0.3, -0.25) is 0 Å². The molecule has 84 valence electrons. The van der Waals surface area contributed by atoms with Gasteiger partial charge in [-0.2, -0.15) is 5.26 Å². The summed E-state index contributed by atoms with van der Waals surface area (Å²) in [6.45, 7) is 0.733. The summed E-state index contributed by atoms with van der Waals surface area (Å²) < 4.78 is 5.69. The molecule has 1 aliphatic carbocycles. The van der Waals surface area contributed by atoms with Crippen molar-refractivity contribution in [3.05, 3.63) is 23.8 Å². The fraction of sp³-hybridized carbons (Fsp3) is 0.462. The van der Waals surface area contributed by atoms with E-state index in [0.29, 0.717) is 5.56 Å². The second-order valence-corrected chi connectivity index (χ2v) is 4.87. The summed E-state index contributed by atoms with van der Waals surface area (Å²) in [7, 11) is 0. The van der Waals surface area contributed by atoms with E-state index in [0.717, 1.165) is 29.6 Å². The third-order valence-electron chi connectivity index (χ3n) is 2.80. The fourth-order valence-corrected chi connectivity index (χ4v) is 2.22. The van der Waals surface area contributed by atoms with Gasteiger partial charge < -0.3 is 4.74 Å². The van der Waals surface area contributed by atoms with E-state index in [9.17, 15) is 0 Å². The van der Waals surface area contributed by atoms with E-state index in [-0.39, 0.29) is 0 Å². The molecule has 0 aromatic heterocycles. The molecule has 1 aliphatic rings. The van der Waals surface area contributed by atoms with Crippen molar-refractivity contribution in [3.63, 3.8) is 0 Å². The summed E-state index contributed by atoms with van der Waals surface area (Å²) in [5.74, 6) is 1.60. The molecule has 1 fully saturated rings. The van der Waals surface area contributed by atoms with Gasteiger partial charge in [0.25, 0.3) is 0 Å². The first-order valence-corrected chi connectivity index (χ1v) is 6.77. The molecule has 3 heteroatoms. The van der Waals surface area contributed by atoms with E-state index in [1.807, 2.05) is 24.5 Å². The highest BCUT2D eigenvalue weighted by Gasteiger charge is 2.21. The molecule has 0 radical (unpaired) electrons. The molecular weight excluding hydrogens is 218 g/mol. The van der Waals surface area contributed by atoms with Crippen LogP contribution in [0.15, 0.2) is 23.1 Å². The Morgan fingerprint density at radius 3 is 2.94 bits per heavy atom. The lowest BCUT2D eigenvalue weighted by atomic mass is 10.2. The maximum atomic E-state index is 9.11. The van der Waals surface area contributed by atoms with Gasteiger partial charge in [0.05, 0.1) is 6.61 Å². The van der Waals surface area contributed by atoms with Crippen LogP contribution >= 0.6 is 11.8 Å². The Morgan fingerprint density at radius 1 is 1.50 bits per heavy atom. The average Bonchev–Trinajstić information content (AvgIpc) is 3.12. The van der Waals surface area contributed by atoms with E-state index in [4.69, 9.17) is 10.00 Å². The van der Waals surface area contributed by atoms with Crippen molar-refractivity contribution < 1.29 is 4.74 Å². The lowest BCUT2D eigenvalue weighted by Gasteiger charge is -2.09. The first kappa shape index (κ1) is 11.3. The normalized spacial score (nSPS) is 14.5. The van der Waals surface area contributed by atoms with Crippen molar-refractivity contribution >= 4 is 11.8 Å². The van der Waals surface area contributed by atoms with Crippen LogP contribution in [0.4, 0.5) is 0 Å². The number of nitriles is 1. The zero-order valence-electron chi connectivity index (χ0n) is 9.40. The third kappa shape index (κ3) is 2.70. The standard InChI is InChI=1S/C13H15NOS/c1-16-13-4-2-3-12(11(13)9-14)15-8-7-10-5-6-10/h2-4,10H,5-8H2,1H3. The van der Waals surface area contributed by atoms with Crippen molar-refractivity contribution in [2.45, 2.75) is 24.2 Å². The second-order valence-electron chi connectivity index (χ2n) is 4.03. The minimum atomic E-state index is 0.672. The molecule has 0 spiro atoms. The van der Waals surface area contributed by atoms with Crippen molar-refractivity contribution in [1.29, 1.82) is 5.26 Å². The highest BCUT2D eigenvalue weighted by Crippen LogP contribution is 2.33. The summed E-state index contributed by atoms with van der Waals surface area (Å²) in [6, 6.07) is 8.00. The quantitative estimate of drug-likeness (QED) is 0.730. The molecule has 0 aliphatic heterocycles. The largest absolute Gasteiger partial charge is 0.492 e. The number of ether oxygens (including phenoxy) is 1. The first-order valence-electron chi connectivity index (χ1n) is 5.55. The Labute approximate surface area is 101 Å². The maximum Gasteiger partial charge on any atom is 0.138 e. The van der Waals surface area contributed by atoms with Gasteiger partial charge in [0.1, 0.15) is 17.4 Å². The van der Waals surface area contributed by atoms with E-state index < -0.39 is 0 Å². The average molecular weight is 233 g/mol. The second kappa shape index (κ2) is 5.27. The number of hydrogen-bond acceptors (Lipinski definition) is 3. The van der Waals surface area contributed by atoms with Gasteiger partial charge in [0, 0.05) is 4.90 Å². The monoisotopic (exact) mass is 233 g/mol. The molecule has 1 aromatic rings. The first-order chi connectivity index (χ1) is 7.85. The maximum absolute atomic E-state index is 9.11. The summed E-state index contributed by atoms with van der Waals surface area (Å²) in [4.78, 5) is 0.992. The van der Waals surface area contributed by atoms with E-state index in [2.05, 4.69) is 6.07 Å². The van der Waals surface area contributed by atoms with E-state index in [1.54, 1.807) is 11.8 Å². The number of nitrogens with zero attached hydrogens (tertiary/aromatic N) is 1. The van der Waals surface area contributed by atoms with Crippen molar-refractivity contribution in [3.8, 4) is 11.8 Å². The van der Waals surface area contributed by atoms with Gasteiger partial charge in [-0.25, -0.2) is 0 Å². The summed E-state index contributed by atoms with van der Waals surface area (Å²) in [6.07, 6.45) is 5.79. The van der Waals surface area contributed by atoms with Gasteiger partial charge in [-0.15, -0.1) is 11.8 Å². The number of rotatable bonds is 5. The SMILES string of the molecule is CSc1cccc(OCCC2CC2)c1C#N. The van der Waals surface area contributed by atoms with E-state index in [1.165, 1.54) is 12.8 Å². The summed E-state index contributed by atoms with van der Waals surface area (Å²) >= 11 is 1.58. The third-order valence-corrected chi connectivity index (χ3v) is 3.58. The Hall–Kier alpha value is -1.14. The van der Waals surface area contributed by atoms with Crippen molar-refractivity contribution in [2.24, 2.45) is 5.92 Å². The minimum Gasteiger partial charge on any atom is -0.492 e. The fourth-order valence-electron chi connectivity index (χ4n) is 1.65. The van der Waals surface area contributed by atoms with Crippen LogP contribution in [-0.2, 0) is 0 Å². The molecule has 16 heavy (non-hydrogen) atoms. The molecule has 0 heterocycles. The molecule has 2 rings (SSSR count). The van der Waals surface area contributed by atoms with Gasteiger partial charge in [-0.05, 0) is 30.7 Å². The van der Waals surface area contributed by atoms with Crippen LogP contribution in [0.2, 0.25) is 0 Å². The Bertz CT molecular complexity index is 407. The van der Waals surface area contributed by atoms with Gasteiger partial charge >= 0.3 is 0 Å². The van der Waals surface area contributed by atoms with Gasteiger partial charge in [0.15, 0.2) is 0 Å². The number of hydrogen-bond donors (Lipinski definition) is 0. The molecule has 0 atom stereocenters. The molecular formula is C13H15NOS. The van der Waals surface area contributed by atoms with Crippen LogP contribution in [0.25, 0.3) is 0 Å². The lowest BCUT2D eigenvalue weighted by Crippen LogP contribution is -2.00. The zero-order valence-corrected chi connectivity index (χ0v) is 10.2. The molecule has 1 saturated carbocycles. The van der Waals surface area contributed by atoms with Crippen LogP contribution in [0, 0.1) is 17.2 Å². The Balaban J connectivity index is 2.03. The predicted molar refractivity (Wildman–Crippen MR) is 65.8 cm³/mol. The van der Waals surface area contributed by atoms with Crippen LogP contribution in [0.3, 0.4) is 0 Å². The molecule has 0 saturated heterocycles. The molecule has 0 bridgehead atoms. The highest BCUT2D eigenvalue weighted by atomic mass is 32.2. The molecule has 2 nitrogen and oxygen atoms in total. The predicted octanol–water partition coefficient (Wildman–Crippen LogP) is 3.46. The van der Waals surface area contributed by atoms with Crippen LogP contribution in [0.1, 0.15) is 24.8 Å². The number of thioether (sulfide) groups is 1. The van der Waals surface area contributed by atoms with Gasteiger partial charge in [-0.1, -0.05) is 18.9 Å². The van der Waals surface area contributed by atoms with Crippen LogP contribution < -0.4 is 4.74 Å². The zero-order chi connectivity index (χ0) is 11.4. The van der Waals surface area contributed by atoms with Crippen LogP contribution in [-0.4, -0.2) is 12.9 Å². The van der Waals surface area contributed by atoms with Gasteiger partial charge in [0.2, 0.25) is 0 Å². The molecule has 0 N–H and O–H groups in total. The summed E-state index contributed by atoms with van der Waals surface area (Å²) in [5, 5.41) is 9.11. The summed E-state index contributed by atoms with van der Waals surface area (Å²) in [5.41, 5.74) is 0.672. The molecule has 1 aromatic carbocycles. The highest BCUT2D eigenvalue weighted by molar-refractivity contribution is 7.98. The van der Waals surface area contributed by atoms with Crippen LogP contribution in [0.5, 0.6) is 5.75 Å². The van der Waals surface area contributed by atoms with Crippen molar-refractivity contribution in [1.82, 2.24) is 0 Å². The Morgan fingerprint density at radius 2 is 2.31 bits per heavy atom. The minimum absolute atomic E-state index is 0.672. The topological polar surface area (TPSA) is 33.0 Å². The molecule has 0 unspecified atom stereocenters. The Kier molecular flexibility index (Phi) is 3.74. The van der Waals surface area contributed by atoms with E-state index >= 15 is 0 Å². The number of benzene rings is 1. The molecule has 0 amide bonds. The van der Waals surface area contributed by atoms with Crippen molar-refractivity contribution in [2.75, 3.05) is 12.9 Å².